The molecule has 0 atom stereocenters. The number of rotatable bonds is 8. The van der Waals surface area contributed by atoms with Gasteiger partial charge in [0.15, 0.2) is 0 Å². The van der Waals surface area contributed by atoms with Gasteiger partial charge in [0.2, 0.25) is 0 Å². The van der Waals surface area contributed by atoms with Crippen LogP contribution < -0.4 is 4.72 Å². The van der Waals surface area contributed by atoms with E-state index in [4.69, 9.17) is 5.11 Å². The molecule has 0 heterocycles. The van der Waals surface area contributed by atoms with E-state index >= 15 is 0 Å². The van der Waals surface area contributed by atoms with Crippen LogP contribution in [0.1, 0.15) is 28.8 Å². The highest BCUT2D eigenvalue weighted by atomic mass is 32.2. The molecule has 2 aromatic rings. The molecule has 144 valence electrons. The van der Waals surface area contributed by atoms with E-state index < -0.39 is 16.0 Å². The third-order valence-electron chi connectivity index (χ3n) is 3.93. The van der Waals surface area contributed by atoms with Gasteiger partial charge >= 0.3 is 5.97 Å². The molecule has 2 N–H and O–H groups in total. The normalized spacial score (nSPS) is 11.0. The van der Waals surface area contributed by atoms with Crippen LogP contribution in [-0.4, -0.2) is 43.9 Å². The second-order valence-electron chi connectivity index (χ2n) is 6.22. The summed E-state index contributed by atoms with van der Waals surface area (Å²) in [5.74, 6) is -1.29. The predicted octanol–water partition coefficient (Wildman–Crippen LogP) is 2.73. The molecule has 8 heteroatoms. The second kappa shape index (κ2) is 8.68. The van der Waals surface area contributed by atoms with Crippen molar-refractivity contribution >= 4 is 27.6 Å². The Morgan fingerprint density at radius 2 is 1.78 bits per heavy atom. The van der Waals surface area contributed by atoms with Crippen molar-refractivity contribution in [2.45, 2.75) is 24.7 Å². The van der Waals surface area contributed by atoms with Crippen LogP contribution in [0.3, 0.4) is 0 Å². The molecule has 27 heavy (non-hydrogen) atoms. The molecule has 0 aliphatic carbocycles. The molecule has 2 aromatic carbocycles. The average molecular weight is 390 g/mol. The van der Waals surface area contributed by atoms with Crippen LogP contribution >= 0.6 is 0 Å². The lowest BCUT2D eigenvalue weighted by Gasteiger charge is -2.17. The van der Waals surface area contributed by atoms with Crippen molar-refractivity contribution in [3.63, 3.8) is 0 Å². The number of aliphatic carboxylic acids is 1. The Hall–Kier alpha value is -2.87. The van der Waals surface area contributed by atoms with Gasteiger partial charge in [-0.1, -0.05) is 23.8 Å². The van der Waals surface area contributed by atoms with Crippen molar-refractivity contribution < 1.29 is 23.1 Å². The van der Waals surface area contributed by atoms with E-state index in [1.54, 1.807) is 31.3 Å². The number of benzene rings is 2. The number of carbonyl (C=O) groups is 2. The van der Waals surface area contributed by atoms with Crippen LogP contribution in [0, 0.1) is 6.92 Å². The van der Waals surface area contributed by atoms with Crippen LogP contribution in [0.4, 0.5) is 5.69 Å². The summed E-state index contributed by atoms with van der Waals surface area (Å²) in [7, 11) is -2.28. The third-order valence-corrected chi connectivity index (χ3v) is 5.30. The summed E-state index contributed by atoms with van der Waals surface area (Å²) < 4.78 is 27.6. The summed E-state index contributed by atoms with van der Waals surface area (Å²) in [5, 5.41) is 8.67. The highest BCUT2D eigenvalue weighted by Crippen LogP contribution is 2.18. The number of nitrogens with zero attached hydrogens (tertiary/aromatic N) is 1. The van der Waals surface area contributed by atoms with Crippen LogP contribution in [0.2, 0.25) is 0 Å². The van der Waals surface area contributed by atoms with Gasteiger partial charge in [0.05, 0.1) is 4.90 Å². The summed E-state index contributed by atoms with van der Waals surface area (Å²) >= 11 is 0. The third kappa shape index (κ3) is 5.82. The molecule has 2 rings (SSSR count). The number of carboxylic acids is 1. The van der Waals surface area contributed by atoms with Gasteiger partial charge in [-0.25, -0.2) is 8.42 Å². The maximum absolute atomic E-state index is 12.6. The summed E-state index contributed by atoms with van der Waals surface area (Å²) in [6.45, 7) is 2.17. The molecule has 0 aliphatic rings. The first-order chi connectivity index (χ1) is 12.7. The zero-order chi connectivity index (χ0) is 20.0. The van der Waals surface area contributed by atoms with E-state index in [1.807, 2.05) is 6.92 Å². The minimum Gasteiger partial charge on any atom is -0.481 e. The number of carbonyl (C=O) groups excluding carboxylic acids is 1. The number of aryl methyl sites for hydroxylation is 1. The lowest BCUT2D eigenvalue weighted by molar-refractivity contribution is -0.137. The van der Waals surface area contributed by atoms with Crippen LogP contribution in [0.5, 0.6) is 0 Å². The fraction of sp³-hybridized carbons (Fsp3) is 0.263. The molecule has 0 aromatic heterocycles. The maximum atomic E-state index is 12.6. The highest BCUT2D eigenvalue weighted by Gasteiger charge is 2.18. The van der Waals surface area contributed by atoms with Crippen LogP contribution in [-0.2, 0) is 14.8 Å². The van der Waals surface area contributed by atoms with Crippen molar-refractivity contribution in [1.29, 1.82) is 0 Å². The molecule has 0 fully saturated rings. The standard InChI is InChI=1S/C19H22N2O5S/c1-14-8-10-16(11-9-14)20-27(25,26)17-6-3-5-15(13-17)19(24)21(2)12-4-7-18(22)23/h3,5-6,8-11,13,20H,4,7,12H2,1-2H3,(H,22,23). The topological polar surface area (TPSA) is 104 Å². The fourth-order valence-corrected chi connectivity index (χ4v) is 3.53. The van der Waals surface area contributed by atoms with E-state index in [0.717, 1.165) is 5.56 Å². The van der Waals surface area contributed by atoms with Gasteiger partial charge in [0.25, 0.3) is 15.9 Å². The Kier molecular flexibility index (Phi) is 6.57. The number of sulfonamides is 1. The first-order valence-corrected chi connectivity index (χ1v) is 9.84. The first kappa shape index (κ1) is 20.4. The van der Waals surface area contributed by atoms with Gasteiger partial charge in [-0.3, -0.25) is 14.3 Å². The number of hydrogen-bond acceptors (Lipinski definition) is 4. The SMILES string of the molecule is Cc1ccc(NS(=O)(=O)c2cccc(C(=O)N(C)CCCC(=O)O)c2)cc1. The quantitative estimate of drug-likeness (QED) is 0.721. The summed E-state index contributed by atoms with van der Waals surface area (Å²) in [5.41, 5.74) is 1.67. The van der Waals surface area contributed by atoms with Gasteiger partial charge in [-0.05, 0) is 43.7 Å². The zero-order valence-electron chi connectivity index (χ0n) is 15.2. The van der Waals surface area contributed by atoms with Gasteiger partial charge in [0.1, 0.15) is 0 Å². The first-order valence-electron chi connectivity index (χ1n) is 8.36. The lowest BCUT2D eigenvalue weighted by atomic mass is 10.2. The number of hydrogen-bond donors (Lipinski definition) is 2. The Morgan fingerprint density at radius 1 is 1.11 bits per heavy atom. The Balaban J connectivity index is 2.14. The number of carboxylic acid groups (broad SMARTS) is 1. The number of anilines is 1. The van der Waals surface area contributed by atoms with Gasteiger partial charge < -0.3 is 10.0 Å². The van der Waals surface area contributed by atoms with Gasteiger partial charge in [0, 0.05) is 31.3 Å². The molecular weight excluding hydrogens is 368 g/mol. The predicted molar refractivity (Wildman–Crippen MR) is 102 cm³/mol. The second-order valence-corrected chi connectivity index (χ2v) is 7.91. The van der Waals surface area contributed by atoms with Gasteiger partial charge in [-0.2, -0.15) is 0 Å². The molecule has 0 unspecified atom stereocenters. The molecule has 0 spiro atoms. The Bertz CT molecular complexity index is 923. The van der Waals surface area contributed by atoms with Crippen molar-refractivity contribution in [2.24, 2.45) is 0 Å². The number of nitrogens with one attached hydrogen (secondary N) is 1. The van der Waals surface area contributed by atoms with E-state index in [0.29, 0.717) is 12.1 Å². The molecule has 0 radical (unpaired) electrons. The van der Waals surface area contributed by atoms with E-state index in [-0.39, 0.29) is 29.3 Å². The van der Waals surface area contributed by atoms with Crippen LogP contribution in [0.15, 0.2) is 53.4 Å². The van der Waals surface area contributed by atoms with Crippen molar-refractivity contribution in [3.05, 3.63) is 59.7 Å². The number of amides is 1. The minimum atomic E-state index is -3.83. The fourth-order valence-electron chi connectivity index (χ4n) is 2.42. The van der Waals surface area contributed by atoms with Crippen molar-refractivity contribution in [1.82, 2.24) is 4.90 Å². The highest BCUT2D eigenvalue weighted by molar-refractivity contribution is 7.92. The minimum absolute atomic E-state index is 0.0205. The Labute approximate surface area is 158 Å². The zero-order valence-corrected chi connectivity index (χ0v) is 16.0. The molecule has 1 amide bonds. The van der Waals surface area contributed by atoms with Crippen molar-refractivity contribution in [3.8, 4) is 0 Å². The van der Waals surface area contributed by atoms with E-state index in [9.17, 15) is 18.0 Å². The summed E-state index contributed by atoms with van der Waals surface area (Å²) in [6, 6.07) is 12.7. The summed E-state index contributed by atoms with van der Waals surface area (Å²) in [6.07, 6.45) is 0.289. The largest absolute Gasteiger partial charge is 0.481 e. The van der Waals surface area contributed by atoms with E-state index in [1.165, 1.54) is 29.2 Å². The van der Waals surface area contributed by atoms with Crippen molar-refractivity contribution in [2.75, 3.05) is 18.3 Å². The maximum Gasteiger partial charge on any atom is 0.303 e. The molecule has 7 nitrogen and oxygen atoms in total. The Morgan fingerprint density at radius 3 is 2.41 bits per heavy atom. The monoisotopic (exact) mass is 390 g/mol. The summed E-state index contributed by atoms with van der Waals surface area (Å²) in [4.78, 5) is 24.4. The van der Waals surface area contributed by atoms with Gasteiger partial charge in [-0.15, -0.1) is 0 Å². The average Bonchev–Trinajstić information content (AvgIpc) is 2.62. The van der Waals surface area contributed by atoms with E-state index in [2.05, 4.69) is 4.72 Å². The lowest BCUT2D eigenvalue weighted by Crippen LogP contribution is -2.28. The van der Waals surface area contributed by atoms with Crippen LogP contribution in [0.25, 0.3) is 0 Å². The molecule has 0 bridgehead atoms. The smallest absolute Gasteiger partial charge is 0.303 e. The molecule has 0 saturated heterocycles. The molecule has 0 saturated carbocycles. The molecule has 0 aliphatic heterocycles. The molecular formula is C19H22N2O5S.